The van der Waals surface area contributed by atoms with E-state index in [4.69, 9.17) is 5.11 Å². The largest absolute Gasteiger partial charge is 0.481 e. The molecular formula is C11H8BrNO4. The van der Waals surface area contributed by atoms with Gasteiger partial charge in [0.15, 0.2) is 5.78 Å². The number of nitrogens with one attached hydrogen (secondary N) is 1. The topological polar surface area (TPSA) is 83.5 Å². The van der Waals surface area contributed by atoms with E-state index in [9.17, 15) is 14.4 Å². The molecule has 2 rings (SSSR count). The number of ketones is 1. The van der Waals surface area contributed by atoms with Crippen LogP contribution >= 0.6 is 15.9 Å². The average molecular weight is 298 g/mol. The van der Waals surface area contributed by atoms with Gasteiger partial charge in [-0.2, -0.15) is 0 Å². The molecule has 0 radical (unpaired) electrons. The van der Waals surface area contributed by atoms with Crippen LogP contribution in [0, 0.1) is 5.92 Å². The molecule has 88 valence electrons. The van der Waals surface area contributed by atoms with Crippen molar-refractivity contribution in [3.63, 3.8) is 0 Å². The van der Waals surface area contributed by atoms with Gasteiger partial charge in [-0.3, -0.25) is 14.4 Å². The first-order valence-electron chi connectivity index (χ1n) is 4.85. The van der Waals surface area contributed by atoms with Gasteiger partial charge in [0.25, 0.3) is 0 Å². The number of carbonyl (C=O) groups is 3. The lowest BCUT2D eigenvalue weighted by Crippen LogP contribution is -2.25. The predicted molar refractivity (Wildman–Crippen MR) is 62.8 cm³/mol. The van der Waals surface area contributed by atoms with Crippen molar-refractivity contribution in [2.45, 2.75) is 6.42 Å². The summed E-state index contributed by atoms with van der Waals surface area (Å²) >= 11 is 3.20. The van der Waals surface area contributed by atoms with Crippen LogP contribution in [0.25, 0.3) is 0 Å². The molecule has 1 aliphatic rings. The fourth-order valence-electron chi connectivity index (χ4n) is 1.70. The van der Waals surface area contributed by atoms with Crippen molar-refractivity contribution in [2.75, 3.05) is 5.32 Å². The number of hydrogen-bond acceptors (Lipinski definition) is 3. The second kappa shape index (κ2) is 4.29. The lowest BCUT2D eigenvalue weighted by Gasteiger charge is -2.07. The van der Waals surface area contributed by atoms with E-state index in [1.807, 2.05) is 0 Å². The van der Waals surface area contributed by atoms with Gasteiger partial charge < -0.3 is 10.4 Å². The van der Waals surface area contributed by atoms with Gasteiger partial charge >= 0.3 is 5.97 Å². The van der Waals surface area contributed by atoms with Crippen LogP contribution in [0.15, 0.2) is 22.7 Å². The van der Waals surface area contributed by atoms with Crippen LogP contribution in [0.4, 0.5) is 5.69 Å². The van der Waals surface area contributed by atoms with E-state index in [2.05, 4.69) is 21.2 Å². The molecule has 0 aliphatic carbocycles. The summed E-state index contributed by atoms with van der Waals surface area (Å²) in [6, 6.07) is 4.76. The van der Waals surface area contributed by atoms with E-state index >= 15 is 0 Å². The maximum Gasteiger partial charge on any atom is 0.314 e. The Morgan fingerprint density at radius 1 is 1.41 bits per heavy atom. The molecule has 1 atom stereocenters. The molecule has 0 spiro atoms. The molecule has 1 amide bonds. The van der Waals surface area contributed by atoms with Crippen LogP contribution in [0.1, 0.15) is 16.8 Å². The Morgan fingerprint density at radius 2 is 2.12 bits per heavy atom. The van der Waals surface area contributed by atoms with E-state index in [0.29, 0.717) is 10.2 Å². The molecule has 1 aromatic rings. The summed E-state index contributed by atoms with van der Waals surface area (Å²) in [5.41, 5.74) is 0.574. The van der Waals surface area contributed by atoms with Gasteiger partial charge in [-0.25, -0.2) is 0 Å². The molecule has 0 bridgehead atoms. The van der Waals surface area contributed by atoms with Crippen LogP contribution in [0.5, 0.6) is 0 Å². The highest BCUT2D eigenvalue weighted by Crippen LogP contribution is 2.28. The lowest BCUT2D eigenvalue weighted by atomic mass is 9.95. The normalized spacial score (nSPS) is 19.2. The van der Waals surface area contributed by atoms with Gasteiger partial charge in [0.1, 0.15) is 5.92 Å². The molecule has 0 saturated carbocycles. The Balaban J connectivity index is 2.55. The Kier molecular flexibility index (Phi) is 2.97. The van der Waals surface area contributed by atoms with Gasteiger partial charge in [0, 0.05) is 16.5 Å². The SMILES string of the molecule is O=C1CC(C(=O)O)C(=O)c2cc(Br)ccc2N1. The Labute approximate surface area is 105 Å². The number of aliphatic carboxylic acids is 1. The molecule has 0 fully saturated rings. The number of carbonyl (C=O) groups excluding carboxylic acids is 2. The summed E-state index contributed by atoms with van der Waals surface area (Å²) in [7, 11) is 0. The lowest BCUT2D eigenvalue weighted by molar-refractivity contribution is -0.141. The van der Waals surface area contributed by atoms with E-state index in [1.54, 1.807) is 12.1 Å². The third-order valence-electron chi connectivity index (χ3n) is 2.53. The standard InChI is InChI=1S/C11H8BrNO4/c12-5-1-2-8-6(3-5)10(15)7(11(16)17)4-9(14)13-8/h1-3,7H,4H2,(H,13,14)(H,16,17). The van der Waals surface area contributed by atoms with Crippen molar-refractivity contribution in [2.24, 2.45) is 5.92 Å². The third-order valence-corrected chi connectivity index (χ3v) is 3.02. The molecule has 6 heteroatoms. The third kappa shape index (κ3) is 2.21. The van der Waals surface area contributed by atoms with Crippen LogP contribution < -0.4 is 5.32 Å². The molecule has 5 nitrogen and oxygen atoms in total. The summed E-state index contributed by atoms with van der Waals surface area (Å²) in [5, 5.41) is 11.5. The Morgan fingerprint density at radius 3 is 2.76 bits per heavy atom. The second-order valence-electron chi connectivity index (χ2n) is 3.70. The molecule has 1 heterocycles. The van der Waals surface area contributed by atoms with Gasteiger partial charge in [-0.15, -0.1) is 0 Å². The highest BCUT2D eigenvalue weighted by Gasteiger charge is 2.34. The van der Waals surface area contributed by atoms with E-state index in [0.717, 1.165) is 0 Å². The van der Waals surface area contributed by atoms with Crippen molar-refractivity contribution < 1.29 is 19.5 Å². The summed E-state index contributed by atoms with van der Waals surface area (Å²) < 4.78 is 0.657. The minimum Gasteiger partial charge on any atom is -0.481 e. The molecule has 1 unspecified atom stereocenters. The van der Waals surface area contributed by atoms with Crippen LogP contribution in [-0.2, 0) is 9.59 Å². The smallest absolute Gasteiger partial charge is 0.314 e. The molecule has 0 saturated heterocycles. The monoisotopic (exact) mass is 297 g/mol. The fourth-order valence-corrected chi connectivity index (χ4v) is 2.06. The van der Waals surface area contributed by atoms with Gasteiger partial charge in [-0.05, 0) is 18.2 Å². The number of rotatable bonds is 1. The molecule has 2 N–H and O–H groups in total. The summed E-state index contributed by atoms with van der Waals surface area (Å²) in [6.45, 7) is 0. The van der Waals surface area contributed by atoms with Gasteiger partial charge in [0.2, 0.25) is 5.91 Å². The first kappa shape index (κ1) is 11.8. The maximum absolute atomic E-state index is 12.0. The molecular weight excluding hydrogens is 290 g/mol. The number of benzene rings is 1. The quantitative estimate of drug-likeness (QED) is 0.773. The predicted octanol–water partition coefficient (Wildman–Crippen LogP) is 1.67. The number of Topliss-reactive ketones (excluding diaryl/α,β-unsaturated/α-hetero) is 1. The maximum atomic E-state index is 12.0. The highest BCUT2D eigenvalue weighted by atomic mass is 79.9. The van der Waals surface area contributed by atoms with Crippen LogP contribution in [0.2, 0.25) is 0 Å². The zero-order valence-corrected chi connectivity index (χ0v) is 10.2. The summed E-state index contributed by atoms with van der Waals surface area (Å²) in [6.07, 6.45) is -0.333. The van der Waals surface area contributed by atoms with Crippen molar-refractivity contribution in [3.8, 4) is 0 Å². The number of anilines is 1. The van der Waals surface area contributed by atoms with E-state index in [-0.39, 0.29) is 12.0 Å². The van der Waals surface area contributed by atoms with Gasteiger partial charge in [0.05, 0.1) is 5.69 Å². The van der Waals surface area contributed by atoms with E-state index in [1.165, 1.54) is 6.07 Å². The number of halogens is 1. The Bertz CT molecular complexity index is 526. The number of hydrogen-bond donors (Lipinski definition) is 2. The van der Waals surface area contributed by atoms with Crippen LogP contribution in [-0.4, -0.2) is 22.8 Å². The second-order valence-corrected chi connectivity index (χ2v) is 4.61. The minimum absolute atomic E-state index is 0.220. The van der Waals surface area contributed by atoms with Crippen molar-refractivity contribution in [3.05, 3.63) is 28.2 Å². The molecule has 1 aromatic carbocycles. The van der Waals surface area contributed by atoms with Gasteiger partial charge in [-0.1, -0.05) is 15.9 Å². The Hall–Kier alpha value is -1.69. The average Bonchev–Trinajstić information content (AvgIpc) is 2.38. The zero-order valence-electron chi connectivity index (χ0n) is 8.57. The summed E-state index contributed by atoms with van der Waals surface area (Å²) in [4.78, 5) is 34.4. The summed E-state index contributed by atoms with van der Waals surface area (Å²) in [5.74, 6) is -3.61. The fraction of sp³-hybridized carbons (Fsp3) is 0.182. The molecule has 1 aliphatic heterocycles. The van der Waals surface area contributed by atoms with Crippen molar-refractivity contribution in [1.82, 2.24) is 0 Å². The number of fused-ring (bicyclic) bond motifs is 1. The first-order valence-corrected chi connectivity index (χ1v) is 5.65. The highest BCUT2D eigenvalue weighted by molar-refractivity contribution is 9.10. The first-order chi connectivity index (χ1) is 7.99. The molecule has 17 heavy (non-hydrogen) atoms. The zero-order chi connectivity index (χ0) is 12.6. The number of carboxylic acids is 1. The van der Waals surface area contributed by atoms with Crippen molar-refractivity contribution >= 4 is 39.3 Å². The van der Waals surface area contributed by atoms with E-state index < -0.39 is 23.6 Å². The van der Waals surface area contributed by atoms with Crippen LogP contribution in [0.3, 0.4) is 0 Å². The molecule has 0 aromatic heterocycles. The number of carboxylic acid groups (broad SMARTS) is 1. The minimum atomic E-state index is -1.31. The number of amides is 1. The van der Waals surface area contributed by atoms with Crippen molar-refractivity contribution in [1.29, 1.82) is 0 Å².